The molecule has 0 amide bonds. The minimum atomic E-state index is -4.37. The number of aliphatic hydroxyl groups excluding tert-OH is 2. The van der Waals surface area contributed by atoms with Crippen LogP contribution in [0.4, 0.5) is 0 Å². The molecule has 0 saturated heterocycles. The van der Waals surface area contributed by atoms with Crippen molar-refractivity contribution in [3.05, 3.63) is 0 Å². The summed E-state index contributed by atoms with van der Waals surface area (Å²) in [6.07, 6.45) is 0.0162. The van der Waals surface area contributed by atoms with Gasteiger partial charge >= 0.3 is 29.6 Å². The number of aliphatic hydroxyl groups is 2. The Labute approximate surface area is 106 Å². The van der Waals surface area contributed by atoms with E-state index in [9.17, 15) is 8.42 Å². The first-order valence-corrected chi connectivity index (χ1v) is 5.31. The van der Waals surface area contributed by atoms with Gasteiger partial charge in [-0.25, -0.2) is 0 Å². The topological polar surface area (TPSA) is 107 Å². The molecule has 0 radical (unpaired) electrons. The Morgan fingerprint density at radius 2 is 1.86 bits per heavy atom. The first-order valence-electron chi connectivity index (χ1n) is 3.87. The van der Waals surface area contributed by atoms with Crippen molar-refractivity contribution in [2.75, 3.05) is 19.8 Å². The molecule has 0 aromatic carbocycles. The molecule has 8 heteroatoms. The Balaban J connectivity index is 0. The third kappa shape index (κ3) is 4.11. The molecule has 82 valence electrons. The maximum absolute atomic E-state index is 10.9. The molecule has 14 heavy (non-hydrogen) atoms. The van der Waals surface area contributed by atoms with E-state index in [0.717, 1.165) is 0 Å². The van der Waals surface area contributed by atoms with E-state index in [1.165, 1.54) is 6.92 Å². The average Bonchev–Trinajstić information content (AvgIpc) is 2.05. The van der Waals surface area contributed by atoms with Crippen LogP contribution in [0.25, 0.3) is 0 Å². The van der Waals surface area contributed by atoms with E-state index in [0.29, 0.717) is 0 Å². The van der Waals surface area contributed by atoms with Crippen LogP contribution in [0.15, 0.2) is 0 Å². The van der Waals surface area contributed by atoms with Gasteiger partial charge in [0.1, 0.15) is 0 Å². The molecule has 6 nitrogen and oxygen atoms in total. The van der Waals surface area contributed by atoms with Gasteiger partial charge in [0.2, 0.25) is 0 Å². The average molecular weight is 237 g/mol. The van der Waals surface area contributed by atoms with Crippen LogP contribution in [-0.2, 0) is 10.1 Å². The van der Waals surface area contributed by atoms with Gasteiger partial charge in [-0.2, -0.15) is 8.42 Å². The molecular weight excluding hydrogens is 221 g/mol. The van der Waals surface area contributed by atoms with E-state index in [2.05, 4.69) is 5.32 Å². The number of hydrogen-bond donors (Lipinski definition) is 4. The summed E-state index contributed by atoms with van der Waals surface area (Å²) >= 11 is 0. The van der Waals surface area contributed by atoms with E-state index >= 15 is 0 Å². The molecule has 0 aromatic rings. The van der Waals surface area contributed by atoms with Gasteiger partial charge in [0.05, 0.1) is 13.2 Å². The third-order valence-electron chi connectivity index (χ3n) is 1.88. The molecule has 0 heterocycles. The normalized spacial score (nSPS) is 15.7. The summed E-state index contributed by atoms with van der Waals surface area (Å²) in [7, 11) is -4.37. The molecule has 0 rings (SSSR count). The Morgan fingerprint density at radius 3 is 2.07 bits per heavy atom. The number of rotatable bonds is 6. The zero-order valence-corrected chi connectivity index (χ0v) is 8.21. The Hall–Kier alpha value is 0.790. The minimum absolute atomic E-state index is 0. The maximum atomic E-state index is 10.9. The van der Waals surface area contributed by atoms with E-state index < -0.39 is 21.6 Å². The van der Waals surface area contributed by atoms with Crippen molar-refractivity contribution in [3.63, 3.8) is 0 Å². The summed E-state index contributed by atoms with van der Waals surface area (Å²) in [6.45, 7) is 0.502. The molecule has 0 spiro atoms. The fourth-order valence-electron chi connectivity index (χ4n) is 0.932. The van der Waals surface area contributed by atoms with E-state index in [1.54, 1.807) is 0 Å². The van der Waals surface area contributed by atoms with Gasteiger partial charge in [0.25, 0.3) is 10.1 Å². The Bertz CT molecular complexity index is 239. The van der Waals surface area contributed by atoms with E-state index in [-0.39, 0.29) is 49.1 Å². The predicted octanol–water partition coefficient (Wildman–Crippen LogP) is -2.09. The van der Waals surface area contributed by atoms with Gasteiger partial charge in [-0.1, -0.05) is 6.92 Å². The van der Waals surface area contributed by atoms with Crippen LogP contribution < -0.4 is 5.32 Å². The molecule has 1 atom stereocenters. The van der Waals surface area contributed by atoms with E-state index in [4.69, 9.17) is 14.8 Å². The van der Waals surface area contributed by atoms with Crippen molar-refractivity contribution in [3.8, 4) is 0 Å². The van der Waals surface area contributed by atoms with Gasteiger partial charge in [-0.3, -0.25) is 9.87 Å². The first kappa shape index (κ1) is 17.2. The third-order valence-corrected chi connectivity index (χ3v) is 3.43. The SMILES string of the molecule is CCC(CO)(NCCO)S(=O)(=O)O.[NaH]. The van der Waals surface area contributed by atoms with Crippen molar-refractivity contribution in [1.82, 2.24) is 5.32 Å². The Kier molecular flexibility index (Phi) is 8.75. The van der Waals surface area contributed by atoms with Crippen LogP contribution in [-0.4, -0.2) is 77.4 Å². The van der Waals surface area contributed by atoms with Crippen molar-refractivity contribution in [2.45, 2.75) is 18.2 Å². The summed E-state index contributed by atoms with van der Waals surface area (Å²) in [5.41, 5.74) is 0. The fraction of sp³-hybridized carbons (Fsp3) is 1.00. The van der Waals surface area contributed by atoms with Crippen LogP contribution in [0.1, 0.15) is 13.3 Å². The van der Waals surface area contributed by atoms with Crippen LogP contribution in [0.2, 0.25) is 0 Å². The fourth-order valence-corrected chi connectivity index (χ4v) is 1.74. The van der Waals surface area contributed by atoms with Crippen LogP contribution in [0, 0.1) is 0 Å². The van der Waals surface area contributed by atoms with Gasteiger partial charge in [-0.05, 0) is 6.42 Å². The molecular formula is C6H16NNaO5S. The van der Waals surface area contributed by atoms with Gasteiger partial charge in [-0.15, -0.1) is 0 Å². The molecule has 0 fully saturated rings. The predicted molar refractivity (Wildman–Crippen MR) is 53.9 cm³/mol. The molecule has 0 aliphatic heterocycles. The van der Waals surface area contributed by atoms with Crippen LogP contribution in [0.3, 0.4) is 0 Å². The van der Waals surface area contributed by atoms with Gasteiger partial charge < -0.3 is 10.2 Å². The van der Waals surface area contributed by atoms with Gasteiger partial charge in [0.15, 0.2) is 4.87 Å². The van der Waals surface area contributed by atoms with E-state index in [1.807, 2.05) is 0 Å². The van der Waals surface area contributed by atoms with Gasteiger partial charge in [0, 0.05) is 6.54 Å². The number of hydrogen-bond acceptors (Lipinski definition) is 5. The zero-order valence-electron chi connectivity index (χ0n) is 7.39. The number of nitrogens with one attached hydrogen (secondary N) is 1. The molecule has 0 aromatic heterocycles. The standard InChI is InChI=1S/C6H15NO5S.Na.H/c1-2-6(5-9,7-3-4-8)13(10,11)12;;/h7-9H,2-5H2,1H3,(H,10,11,12);;. The summed E-state index contributed by atoms with van der Waals surface area (Å²) in [5, 5.41) is 19.7. The second-order valence-corrected chi connectivity index (χ2v) is 4.36. The summed E-state index contributed by atoms with van der Waals surface area (Å²) in [5.74, 6) is 0. The van der Waals surface area contributed by atoms with Crippen molar-refractivity contribution < 1.29 is 23.2 Å². The molecule has 0 bridgehead atoms. The second-order valence-electron chi connectivity index (χ2n) is 2.63. The Morgan fingerprint density at radius 1 is 1.36 bits per heavy atom. The molecule has 4 N–H and O–H groups in total. The zero-order chi connectivity index (χ0) is 10.5. The molecule has 0 saturated carbocycles. The quantitative estimate of drug-likeness (QED) is 0.311. The first-order chi connectivity index (χ1) is 5.93. The second kappa shape index (κ2) is 7.13. The summed E-state index contributed by atoms with van der Waals surface area (Å²) < 4.78 is 30.6. The summed E-state index contributed by atoms with van der Waals surface area (Å²) in [6, 6.07) is 0. The van der Waals surface area contributed by atoms with Crippen molar-refractivity contribution in [1.29, 1.82) is 0 Å². The van der Waals surface area contributed by atoms with Crippen LogP contribution >= 0.6 is 0 Å². The molecule has 0 aliphatic rings. The molecule has 0 aliphatic carbocycles. The van der Waals surface area contributed by atoms with Crippen molar-refractivity contribution >= 4 is 39.7 Å². The van der Waals surface area contributed by atoms with Crippen LogP contribution in [0.5, 0.6) is 0 Å². The summed E-state index contributed by atoms with van der Waals surface area (Å²) in [4.78, 5) is -1.75. The van der Waals surface area contributed by atoms with Crippen molar-refractivity contribution in [2.24, 2.45) is 0 Å². The molecule has 1 unspecified atom stereocenters. The monoisotopic (exact) mass is 237 g/mol.